The molecule has 2 unspecified atom stereocenters. The van der Waals surface area contributed by atoms with Crippen LogP contribution in [0, 0.1) is 11.8 Å². The van der Waals surface area contributed by atoms with Crippen molar-refractivity contribution in [3.63, 3.8) is 0 Å². The number of carbonyl (C=O) groups is 3. The van der Waals surface area contributed by atoms with Crippen LogP contribution in [0.2, 0.25) is 0 Å². The molecule has 1 aliphatic rings. The van der Waals surface area contributed by atoms with Crippen LogP contribution >= 0.6 is 0 Å². The molecular weight excluding hydrogens is 715 g/mol. The SMILES string of the molecule is CCCCCCCCCCCCCCCCCC(=O)OCC(CCOC(=O)OC[C@H]1O[C@@H](n2cnc3c(=O)[nH]c(N)nc32)CC1F)COC(=O)[C@@H](N)C(C)C. The smallest absolute Gasteiger partial charge is 0.465 e. The Balaban J connectivity index is 1.32. The Morgan fingerprint density at radius 3 is 2.15 bits per heavy atom. The van der Waals surface area contributed by atoms with Gasteiger partial charge >= 0.3 is 18.1 Å². The van der Waals surface area contributed by atoms with Crippen LogP contribution in [0.25, 0.3) is 11.2 Å². The highest BCUT2D eigenvalue weighted by Crippen LogP contribution is 2.32. The van der Waals surface area contributed by atoms with E-state index in [4.69, 9.17) is 35.2 Å². The van der Waals surface area contributed by atoms with Gasteiger partial charge < -0.3 is 35.2 Å². The molecule has 3 heterocycles. The summed E-state index contributed by atoms with van der Waals surface area (Å²) in [6.07, 6.45) is 15.8. The topological polar surface area (TPSA) is 213 Å². The quantitative estimate of drug-likeness (QED) is 0.0460. The first-order chi connectivity index (χ1) is 26.5. The first-order valence-electron chi connectivity index (χ1n) is 20.4. The number of nitrogens with one attached hydrogen (secondary N) is 1. The second kappa shape index (κ2) is 25.4. The number of hydrogen-bond acceptors (Lipinski definition) is 13. The number of fused-ring (bicyclic) bond motifs is 1. The summed E-state index contributed by atoms with van der Waals surface area (Å²) >= 11 is 0. The van der Waals surface area contributed by atoms with Gasteiger partial charge in [0.2, 0.25) is 5.95 Å². The largest absolute Gasteiger partial charge is 0.508 e. The molecule has 0 amide bonds. The van der Waals surface area contributed by atoms with Crippen molar-refractivity contribution in [3.8, 4) is 0 Å². The number of nitrogens with zero attached hydrogens (tertiary/aromatic N) is 3. The van der Waals surface area contributed by atoms with Gasteiger partial charge in [-0.05, 0) is 18.8 Å². The second-order valence-corrected chi connectivity index (χ2v) is 15.0. The number of esters is 2. The van der Waals surface area contributed by atoms with E-state index < -0.39 is 54.8 Å². The van der Waals surface area contributed by atoms with Crippen LogP contribution in [0.1, 0.15) is 143 Å². The second-order valence-electron chi connectivity index (χ2n) is 15.0. The van der Waals surface area contributed by atoms with E-state index in [0.29, 0.717) is 6.42 Å². The molecule has 1 saturated heterocycles. The maximum Gasteiger partial charge on any atom is 0.508 e. The number of ether oxygens (including phenoxy) is 5. The molecule has 5 atom stereocenters. The van der Waals surface area contributed by atoms with E-state index in [1.54, 1.807) is 13.8 Å². The minimum atomic E-state index is -1.49. The molecule has 3 rings (SSSR count). The molecule has 0 spiro atoms. The summed E-state index contributed by atoms with van der Waals surface area (Å²) in [5.74, 6) is -1.62. The number of aromatic amines is 1. The number of hydrogen-bond donors (Lipinski definition) is 3. The molecule has 15 nitrogen and oxygen atoms in total. The number of rotatable bonds is 28. The molecule has 312 valence electrons. The third-order valence-corrected chi connectivity index (χ3v) is 9.95. The average Bonchev–Trinajstić information content (AvgIpc) is 3.75. The molecule has 1 aliphatic heterocycles. The molecule has 2 aromatic rings. The van der Waals surface area contributed by atoms with Crippen LogP contribution in [0.5, 0.6) is 0 Å². The Kier molecular flexibility index (Phi) is 21.0. The number of anilines is 1. The van der Waals surface area contributed by atoms with E-state index in [1.807, 2.05) is 0 Å². The number of halogens is 1. The highest BCUT2D eigenvalue weighted by Gasteiger charge is 2.38. The first kappa shape index (κ1) is 45.6. The van der Waals surface area contributed by atoms with Gasteiger partial charge in [-0.25, -0.2) is 14.2 Å². The molecule has 0 aliphatic carbocycles. The minimum absolute atomic E-state index is 0.0299. The lowest BCUT2D eigenvalue weighted by molar-refractivity contribution is -0.151. The fraction of sp³-hybridized carbons (Fsp3) is 0.795. The van der Waals surface area contributed by atoms with Crippen LogP contribution in [-0.4, -0.2) is 82.4 Å². The number of aromatic nitrogens is 4. The van der Waals surface area contributed by atoms with Crippen LogP contribution < -0.4 is 17.0 Å². The number of H-pyrrole nitrogens is 1. The fourth-order valence-corrected chi connectivity index (χ4v) is 6.37. The average molecular weight is 781 g/mol. The molecule has 55 heavy (non-hydrogen) atoms. The third-order valence-electron chi connectivity index (χ3n) is 9.95. The van der Waals surface area contributed by atoms with Crippen molar-refractivity contribution in [3.05, 3.63) is 16.7 Å². The Labute approximate surface area is 324 Å². The van der Waals surface area contributed by atoms with Gasteiger partial charge in [0.05, 0.1) is 26.1 Å². The van der Waals surface area contributed by atoms with Gasteiger partial charge in [-0.3, -0.25) is 23.9 Å². The number of imidazole rings is 1. The van der Waals surface area contributed by atoms with Crippen LogP contribution in [0.4, 0.5) is 15.1 Å². The molecule has 0 aromatic carbocycles. The van der Waals surface area contributed by atoms with Crippen molar-refractivity contribution in [2.45, 2.75) is 161 Å². The lowest BCUT2D eigenvalue weighted by Crippen LogP contribution is -2.38. The fourth-order valence-electron chi connectivity index (χ4n) is 6.37. The summed E-state index contributed by atoms with van der Waals surface area (Å²) in [6, 6.07) is -0.805. The number of nitrogen functional groups attached to an aromatic ring is 1. The van der Waals surface area contributed by atoms with Crippen molar-refractivity contribution in [2.75, 3.05) is 32.2 Å². The van der Waals surface area contributed by atoms with Crippen molar-refractivity contribution < 1.29 is 42.5 Å². The van der Waals surface area contributed by atoms with E-state index in [0.717, 1.165) is 19.3 Å². The van der Waals surface area contributed by atoms with E-state index in [-0.39, 0.29) is 61.7 Å². The van der Waals surface area contributed by atoms with Crippen molar-refractivity contribution in [1.29, 1.82) is 0 Å². The van der Waals surface area contributed by atoms with Crippen LogP contribution in [0.15, 0.2) is 11.1 Å². The summed E-state index contributed by atoms with van der Waals surface area (Å²) < 4.78 is 43.2. The third kappa shape index (κ3) is 16.9. The molecule has 1 fully saturated rings. The Bertz CT molecular complexity index is 1490. The first-order valence-corrected chi connectivity index (χ1v) is 20.4. The zero-order valence-electron chi connectivity index (χ0n) is 33.1. The summed E-state index contributed by atoms with van der Waals surface area (Å²) in [6.45, 7) is 5.18. The molecule has 0 radical (unpaired) electrons. The van der Waals surface area contributed by atoms with Gasteiger partial charge in [0.15, 0.2) is 11.2 Å². The van der Waals surface area contributed by atoms with Crippen LogP contribution in [-0.2, 0) is 33.3 Å². The monoisotopic (exact) mass is 780 g/mol. The van der Waals surface area contributed by atoms with Gasteiger partial charge in [0.25, 0.3) is 5.56 Å². The number of unbranched alkanes of at least 4 members (excludes halogenated alkanes) is 14. The van der Waals surface area contributed by atoms with Crippen LogP contribution in [0.3, 0.4) is 0 Å². The zero-order valence-corrected chi connectivity index (χ0v) is 33.1. The highest BCUT2D eigenvalue weighted by atomic mass is 19.1. The van der Waals surface area contributed by atoms with E-state index in [2.05, 4.69) is 21.9 Å². The zero-order chi connectivity index (χ0) is 40.0. The van der Waals surface area contributed by atoms with E-state index in [1.165, 1.54) is 87.9 Å². The lowest BCUT2D eigenvalue weighted by Gasteiger charge is -2.20. The van der Waals surface area contributed by atoms with E-state index >= 15 is 0 Å². The maximum atomic E-state index is 14.8. The molecule has 2 aromatic heterocycles. The number of nitrogens with two attached hydrogens (primary N) is 2. The molecule has 0 saturated carbocycles. The van der Waals surface area contributed by atoms with Crippen molar-refractivity contribution in [1.82, 2.24) is 19.5 Å². The Morgan fingerprint density at radius 2 is 1.53 bits per heavy atom. The summed E-state index contributed by atoms with van der Waals surface area (Å²) in [5, 5.41) is 0. The molecular formula is C39H65FN6O9. The molecule has 16 heteroatoms. The predicted octanol–water partition coefficient (Wildman–Crippen LogP) is 6.82. The number of alkyl halides is 1. The van der Waals surface area contributed by atoms with Crippen molar-refractivity contribution in [2.24, 2.45) is 17.6 Å². The molecule has 0 bridgehead atoms. The number of carbonyl (C=O) groups excluding carboxylic acids is 3. The van der Waals surface area contributed by atoms with Crippen molar-refractivity contribution >= 4 is 35.2 Å². The lowest BCUT2D eigenvalue weighted by atomic mass is 10.0. The van der Waals surface area contributed by atoms with Gasteiger partial charge in [0, 0.05) is 18.8 Å². The summed E-state index contributed by atoms with van der Waals surface area (Å²) in [5.41, 5.74) is 11.2. The van der Waals surface area contributed by atoms with Gasteiger partial charge in [-0.15, -0.1) is 0 Å². The Morgan fingerprint density at radius 1 is 0.927 bits per heavy atom. The summed E-state index contributed by atoms with van der Waals surface area (Å²) in [4.78, 5) is 59.8. The van der Waals surface area contributed by atoms with E-state index in [9.17, 15) is 23.6 Å². The Hall–Kier alpha value is -3.79. The van der Waals surface area contributed by atoms with Gasteiger partial charge in [-0.1, -0.05) is 111 Å². The normalized spacial score (nSPS) is 18.0. The molecule has 5 N–H and O–H groups in total. The van der Waals surface area contributed by atoms with Gasteiger partial charge in [-0.2, -0.15) is 4.98 Å². The summed E-state index contributed by atoms with van der Waals surface area (Å²) in [7, 11) is 0. The standard InChI is InChI=1S/C39H65FN6O9/c1-4-5-6-7-8-9-10-11-12-13-14-15-16-17-18-19-32(47)52-23-28(24-53-37(49)33(41)27(2)3)20-21-51-39(50)54-25-30-29(40)22-31(55-30)46-26-43-34-35(46)44-38(42)45-36(34)48/h26-31,33H,4-25,41H2,1-3H3,(H3,42,44,45,48)/t28?,29?,30-,31-,33+/m1/s1. The minimum Gasteiger partial charge on any atom is -0.465 e. The predicted molar refractivity (Wildman–Crippen MR) is 206 cm³/mol. The maximum absolute atomic E-state index is 14.8. The van der Waals surface area contributed by atoms with Gasteiger partial charge in [0.1, 0.15) is 31.2 Å². The highest BCUT2D eigenvalue weighted by molar-refractivity contribution is 5.75.